The van der Waals surface area contributed by atoms with Crippen molar-refractivity contribution in [2.75, 3.05) is 6.54 Å². The number of hydrogen-bond acceptors (Lipinski definition) is 6. The number of benzene rings is 1. The molecule has 3 rings (SSSR count). The molecule has 0 radical (unpaired) electrons. The molecule has 8 nitrogen and oxygen atoms in total. The van der Waals surface area contributed by atoms with Crippen LogP contribution in [0.15, 0.2) is 18.2 Å². The average Bonchev–Trinajstić information content (AvgIpc) is 2.83. The molecule has 2 atom stereocenters. The fourth-order valence-corrected chi connectivity index (χ4v) is 3.19. The number of nitrogens with one attached hydrogen (secondary N) is 2. The van der Waals surface area contributed by atoms with E-state index < -0.39 is 23.8 Å². The summed E-state index contributed by atoms with van der Waals surface area (Å²) < 4.78 is 0. The molecule has 0 aromatic heterocycles. The molecule has 0 saturated carbocycles. The van der Waals surface area contributed by atoms with Crippen LogP contribution in [-0.2, 0) is 16.1 Å². The Labute approximate surface area is 151 Å². The highest BCUT2D eigenvalue weighted by Crippen LogP contribution is 2.28. The molecule has 2 aliphatic heterocycles. The maximum atomic E-state index is 12.7. The van der Waals surface area contributed by atoms with E-state index in [9.17, 15) is 19.2 Å². The Morgan fingerprint density at radius 1 is 1.23 bits per heavy atom. The molecule has 0 bridgehead atoms. The number of carbonyl (C=O) groups is 4. The van der Waals surface area contributed by atoms with Crippen molar-refractivity contribution in [2.45, 2.75) is 44.8 Å². The molecular weight excluding hydrogens is 336 g/mol. The Morgan fingerprint density at radius 2 is 1.96 bits per heavy atom. The molecule has 1 saturated heterocycles. The normalized spacial score (nSPS) is 21.0. The zero-order chi connectivity index (χ0) is 18.8. The predicted octanol–water partition coefficient (Wildman–Crippen LogP) is -0.0853. The highest BCUT2D eigenvalue weighted by Gasteiger charge is 2.44. The zero-order valence-electron chi connectivity index (χ0n) is 14.6. The second-order valence-corrected chi connectivity index (χ2v) is 6.77. The quantitative estimate of drug-likeness (QED) is 0.483. The summed E-state index contributed by atoms with van der Waals surface area (Å²) in [7, 11) is 0. The van der Waals surface area contributed by atoms with E-state index in [2.05, 4.69) is 10.6 Å². The molecule has 4 N–H and O–H groups in total. The Morgan fingerprint density at radius 3 is 2.65 bits per heavy atom. The van der Waals surface area contributed by atoms with Gasteiger partial charge in [0, 0.05) is 19.0 Å². The van der Waals surface area contributed by atoms with Gasteiger partial charge >= 0.3 is 0 Å². The van der Waals surface area contributed by atoms with E-state index in [4.69, 9.17) is 5.73 Å². The summed E-state index contributed by atoms with van der Waals surface area (Å²) in [6.45, 7) is 3.24. The molecule has 26 heavy (non-hydrogen) atoms. The van der Waals surface area contributed by atoms with Crippen molar-refractivity contribution in [1.29, 1.82) is 0 Å². The first kappa shape index (κ1) is 18.2. The van der Waals surface area contributed by atoms with Gasteiger partial charge in [0.25, 0.3) is 11.8 Å². The summed E-state index contributed by atoms with van der Waals surface area (Å²) in [5.74, 6) is -1.97. The van der Waals surface area contributed by atoms with E-state index in [-0.39, 0.29) is 24.8 Å². The second kappa shape index (κ2) is 7.35. The van der Waals surface area contributed by atoms with Crippen LogP contribution in [0.25, 0.3) is 0 Å². The van der Waals surface area contributed by atoms with Crippen LogP contribution in [0.5, 0.6) is 0 Å². The van der Waals surface area contributed by atoms with Gasteiger partial charge in [-0.25, -0.2) is 0 Å². The minimum atomic E-state index is -0.937. The molecule has 1 aromatic carbocycles. The number of carbonyl (C=O) groups excluding carboxylic acids is 4. The molecule has 138 valence electrons. The second-order valence-electron chi connectivity index (χ2n) is 6.77. The van der Waals surface area contributed by atoms with Crippen LogP contribution in [0.4, 0.5) is 0 Å². The third-order valence-electron chi connectivity index (χ3n) is 4.61. The van der Waals surface area contributed by atoms with Gasteiger partial charge in [-0.05, 0) is 44.0 Å². The van der Waals surface area contributed by atoms with Crippen molar-refractivity contribution < 1.29 is 19.2 Å². The van der Waals surface area contributed by atoms with Crippen LogP contribution in [0, 0.1) is 0 Å². The predicted molar refractivity (Wildman–Crippen MR) is 93.1 cm³/mol. The third kappa shape index (κ3) is 3.51. The SMILES string of the molecule is C[C@@H](N)CCNCc1ccc2c(c1)C(=O)N(C1CCC(=O)NC1=O)C2=O. The van der Waals surface area contributed by atoms with Crippen molar-refractivity contribution in [3.63, 3.8) is 0 Å². The van der Waals surface area contributed by atoms with Crippen LogP contribution in [-0.4, -0.2) is 47.2 Å². The summed E-state index contributed by atoms with van der Waals surface area (Å²) in [5.41, 5.74) is 7.17. The summed E-state index contributed by atoms with van der Waals surface area (Å²) in [6, 6.07) is 4.26. The lowest BCUT2D eigenvalue weighted by Gasteiger charge is -2.27. The van der Waals surface area contributed by atoms with Crippen molar-refractivity contribution >= 4 is 23.6 Å². The van der Waals surface area contributed by atoms with E-state index >= 15 is 0 Å². The molecule has 2 aliphatic rings. The third-order valence-corrected chi connectivity index (χ3v) is 4.61. The van der Waals surface area contributed by atoms with E-state index in [1.807, 2.05) is 6.92 Å². The fourth-order valence-electron chi connectivity index (χ4n) is 3.19. The molecule has 2 heterocycles. The van der Waals surface area contributed by atoms with Crippen molar-refractivity contribution in [3.8, 4) is 0 Å². The van der Waals surface area contributed by atoms with Crippen LogP contribution in [0.2, 0.25) is 0 Å². The van der Waals surface area contributed by atoms with Gasteiger partial charge in [0.05, 0.1) is 11.1 Å². The standard InChI is InChI=1S/C18H22N4O4/c1-10(19)6-7-20-9-11-2-3-12-13(8-11)18(26)22(17(12)25)14-4-5-15(23)21-16(14)24/h2-3,8,10,14,20H,4-7,9,19H2,1H3,(H,21,23,24)/t10-,14?/m1/s1. The molecule has 0 spiro atoms. The molecule has 0 aliphatic carbocycles. The molecule has 1 fully saturated rings. The van der Waals surface area contributed by atoms with Crippen molar-refractivity contribution in [3.05, 3.63) is 34.9 Å². The van der Waals surface area contributed by atoms with Gasteiger partial charge < -0.3 is 11.1 Å². The van der Waals surface area contributed by atoms with Gasteiger partial charge in [-0.3, -0.25) is 29.4 Å². The van der Waals surface area contributed by atoms with Crippen molar-refractivity contribution in [2.24, 2.45) is 5.73 Å². The lowest BCUT2D eigenvalue weighted by molar-refractivity contribution is -0.136. The van der Waals surface area contributed by atoms with Gasteiger partial charge in [-0.1, -0.05) is 6.07 Å². The maximum absolute atomic E-state index is 12.7. The van der Waals surface area contributed by atoms with E-state index in [0.29, 0.717) is 17.7 Å². The number of amides is 4. The largest absolute Gasteiger partial charge is 0.328 e. The first-order valence-electron chi connectivity index (χ1n) is 8.69. The number of nitrogens with zero attached hydrogens (tertiary/aromatic N) is 1. The minimum Gasteiger partial charge on any atom is -0.328 e. The Hall–Kier alpha value is -2.58. The Kier molecular flexibility index (Phi) is 5.15. The number of piperidine rings is 1. The molecule has 4 amide bonds. The smallest absolute Gasteiger partial charge is 0.262 e. The first-order chi connectivity index (χ1) is 12.4. The number of imide groups is 2. The Bertz CT molecular complexity index is 774. The highest BCUT2D eigenvalue weighted by molar-refractivity contribution is 6.23. The Balaban J connectivity index is 1.73. The highest BCUT2D eigenvalue weighted by atomic mass is 16.2. The summed E-state index contributed by atoms with van der Waals surface area (Å²) in [5, 5.41) is 5.43. The van der Waals surface area contributed by atoms with Gasteiger partial charge in [0.2, 0.25) is 11.8 Å². The van der Waals surface area contributed by atoms with Crippen LogP contribution in [0.3, 0.4) is 0 Å². The van der Waals surface area contributed by atoms with Gasteiger partial charge in [0.15, 0.2) is 0 Å². The number of fused-ring (bicyclic) bond motifs is 1. The lowest BCUT2D eigenvalue weighted by atomic mass is 10.0. The number of rotatable bonds is 6. The van der Waals surface area contributed by atoms with E-state index in [1.165, 1.54) is 0 Å². The molecule has 8 heteroatoms. The van der Waals surface area contributed by atoms with E-state index in [1.54, 1.807) is 18.2 Å². The number of hydrogen-bond donors (Lipinski definition) is 3. The average molecular weight is 358 g/mol. The van der Waals surface area contributed by atoms with Crippen LogP contribution < -0.4 is 16.4 Å². The number of nitrogens with two attached hydrogens (primary N) is 1. The molecule has 1 unspecified atom stereocenters. The fraction of sp³-hybridized carbons (Fsp3) is 0.444. The summed E-state index contributed by atoms with van der Waals surface area (Å²) in [6.07, 6.45) is 1.10. The topological polar surface area (TPSA) is 122 Å². The van der Waals surface area contributed by atoms with Gasteiger partial charge in [-0.2, -0.15) is 0 Å². The molecular formula is C18H22N4O4. The monoisotopic (exact) mass is 358 g/mol. The first-order valence-corrected chi connectivity index (χ1v) is 8.69. The lowest BCUT2D eigenvalue weighted by Crippen LogP contribution is -2.54. The summed E-state index contributed by atoms with van der Waals surface area (Å²) >= 11 is 0. The van der Waals surface area contributed by atoms with Crippen LogP contribution in [0.1, 0.15) is 52.5 Å². The minimum absolute atomic E-state index is 0.110. The molecule has 1 aromatic rings. The summed E-state index contributed by atoms with van der Waals surface area (Å²) in [4.78, 5) is 49.6. The zero-order valence-corrected chi connectivity index (χ0v) is 14.6. The van der Waals surface area contributed by atoms with Gasteiger partial charge in [0.1, 0.15) is 6.04 Å². The van der Waals surface area contributed by atoms with Crippen molar-refractivity contribution in [1.82, 2.24) is 15.5 Å². The maximum Gasteiger partial charge on any atom is 0.262 e. The van der Waals surface area contributed by atoms with Crippen LogP contribution >= 0.6 is 0 Å². The van der Waals surface area contributed by atoms with Gasteiger partial charge in [-0.15, -0.1) is 0 Å². The van der Waals surface area contributed by atoms with E-state index in [0.717, 1.165) is 23.4 Å².